The zero-order chi connectivity index (χ0) is 18.1. The van der Waals surface area contributed by atoms with Gasteiger partial charge in [0, 0.05) is 13.0 Å². The molecule has 0 amide bonds. The summed E-state index contributed by atoms with van der Waals surface area (Å²) >= 11 is 0. The molecule has 0 radical (unpaired) electrons. The third-order valence-corrected chi connectivity index (χ3v) is 6.46. The second-order valence-corrected chi connectivity index (χ2v) is 8.40. The third kappa shape index (κ3) is 8.32. The molecule has 25 heavy (non-hydrogen) atoms. The van der Waals surface area contributed by atoms with Crippen LogP contribution in [-0.2, 0) is 4.74 Å². The van der Waals surface area contributed by atoms with Crippen LogP contribution in [0.2, 0.25) is 0 Å². The van der Waals surface area contributed by atoms with Crippen molar-refractivity contribution < 1.29 is 17.9 Å². The predicted molar refractivity (Wildman–Crippen MR) is 96.6 cm³/mol. The van der Waals surface area contributed by atoms with Crippen LogP contribution < -0.4 is 0 Å². The van der Waals surface area contributed by atoms with E-state index in [1.807, 2.05) is 0 Å². The topological polar surface area (TPSA) is 9.23 Å². The largest absolute Gasteiger partial charge is 0.389 e. The maximum atomic E-state index is 12.4. The van der Waals surface area contributed by atoms with Crippen molar-refractivity contribution in [3.05, 3.63) is 0 Å². The molecule has 2 rings (SSSR count). The first-order valence-corrected chi connectivity index (χ1v) is 10.7. The van der Waals surface area contributed by atoms with E-state index >= 15 is 0 Å². The van der Waals surface area contributed by atoms with Gasteiger partial charge in [0.1, 0.15) is 0 Å². The highest BCUT2D eigenvalue weighted by Crippen LogP contribution is 2.42. The van der Waals surface area contributed by atoms with E-state index in [1.165, 1.54) is 51.4 Å². The first-order chi connectivity index (χ1) is 12.0. The molecule has 0 aliphatic heterocycles. The molecular formula is C21H37F3O. The summed E-state index contributed by atoms with van der Waals surface area (Å²) in [5, 5.41) is 0. The molecule has 2 fully saturated rings. The molecule has 0 unspecified atom stereocenters. The van der Waals surface area contributed by atoms with Crippen LogP contribution in [0.5, 0.6) is 0 Å². The van der Waals surface area contributed by atoms with Crippen LogP contribution in [0.25, 0.3) is 0 Å². The molecule has 2 aliphatic rings. The van der Waals surface area contributed by atoms with Gasteiger partial charge in [-0.15, -0.1) is 0 Å². The van der Waals surface area contributed by atoms with Gasteiger partial charge in [0.05, 0.1) is 6.10 Å². The predicted octanol–water partition coefficient (Wildman–Crippen LogP) is 7.29. The molecule has 0 heterocycles. The smallest absolute Gasteiger partial charge is 0.378 e. The van der Waals surface area contributed by atoms with Crippen molar-refractivity contribution in [3.8, 4) is 0 Å². The summed E-state index contributed by atoms with van der Waals surface area (Å²) in [7, 11) is 0. The van der Waals surface area contributed by atoms with Crippen LogP contribution in [0.3, 0.4) is 0 Å². The van der Waals surface area contributed by atoms with Crippen molar-refractivity contribution >= 4 is 0 Å². The zero-order valence-electron chi connectivity index (χ0n) is 16.0. The number of unbranched alkanes of at least 4 members (excludes halogenated alkanes) is 3. The van der Waals surface area contributed by atoms with Crippen molar-refractivity contribution in [2.45, 2.75) is 109 Å². The Morgan fingerprint density at radius 1 is 0.800 bits per heavy atom. The SMILES string of the molecule is CCCCCCO[C@H]1CC[C@H]([C@H]2CC[C@H](CCC(F)(F)F)CC2)CC1. The van der Waals surface area contributed by atoms with E-state index in [0.717, 1.165) is 44.1 Å². The molecular weight excluding hydrogens is 325 g/mol. The van der Waals surface area contributed by atoms with Gasteiger partial charge in [-0.1, -0.05) is 39.0 Å². The summed E-state index contributed by atoms with van der Waals surface area (Å²) in [6.45, 7) is 3.14. The van der Waals surface area contributed by atoms with Gasteiger partial charge in [0.2, 0.25) is 0 Å². The van der Waals surface area contributed by atoms with Gasteiger partial charge < -0.3 is 4.74 Å². The highest BCUT2D eigenvalue weighted by molar-refractivity contribution is 4.82. The summed E-state index contributed by atoms with van der Waals surface area (Å²) in [6, 6.07) is 0. The Morgan fingerprint density at radius 2 is 1.40 bits per heavy atom. The van der Waals surface area contributed by atoms with Gasteiger partial charge in [-0.05, 0) is 69.1 Å². The van der Waals surface area contributed by atoms with Gasteiger partial charge >= 0.3 is 6.18 Å². The monoisotopic (exact) mass is 362 g/mol. The average molecular weight is 363 g/mol. The highest BCUT2D eigenvalue weighted by atomic mass is 19.4. The minimum absolute atomic E-state index is 0.306. The Bertz CT molecular complexity index is 340. The zero-order valence-corrected chi connectivity index (χ0v) is 16.0. The van der Waals surface area contributed by atoms with Crippen molar-refractivity contribution in [2.75, 3.05) is 6.61 Å². The fourth-order valence-electron chi connectivity index (χ4n) is 4.82. The molecule has 0 spiro atoms. The normalized spacial score (nSPS) is 31.2. The number of hydrogen-bond acceptors (Lipinski definition) is 1. The molecule has 148 valence electrons. The number of alkyl halides is 3. The Morgan fingerprint density at radius 3 is 1.96 bits per heavy atom. The average Bonchev–Trinajstić information content (AvgIpc) is 2.60. The van der Waals surface area contributed by atoms with Crippen LogP contribution in [0.1, 0.15) is 96.8 Å². The van der Waals surface area contributed by atoms with E-state index < -0.39 is 12.6 Å². The minimum Gasteiger partial charge on any atom is -0.378 e. The number of hydrogen-bond donors (Lipinski definition) is 0. The third-order valence-electron chi connectivity index (χ3n) is 6.46. The van der Waals surface area contributed by atoms with E-state index in [0.29, 0.717) is 18.4 Å². The maximum Gasteiger partial charge on any atom is 0.389 e. The molecule has 0 aromatic rings. The first-order valence-electron chi connectivity index (χ1n) is 10.7. The lowest BCUT2D eigenvalue weighted by molar-refractivity contribution is -0.138. The van der Waals surface area contributed by atoms with Gasteiger partial charge in [-0.3, -0.25) is 0 Å². The molecule has 2 aliphatic carbocycles. The van der Waals surface area contributed by atoms with Gasteiger partial charge in [-0.2, -0.15) is 13.2 Å². The number of rotatable bonds is 9. The molecule has 1 nitrogen and oxygen atoms in total. The Balaban J connectivity index is 1.56. The van der Waals surface area contributed by atoms with Crippen molar-refractivity contribution in [3.63, 3.8) is 0 Å². The summed E-state index contributed by atoms with van der Waals surface area (Å²) in [5.74, 6) is 1.86. The second-order valence-electron chi connectivity index (χ2n) is 8.40. The molecule has 0 saturated heterocycles. The van der Waals surface area contributed by atoms with Crippen LogP contribution in [0, 0.1) is 17.8 Å². The number of ether oxygens (including phenoxy) is 1. The summed E-state index contributed by atoms with van der Waals surface area (Å²) < 4.78 is 43.1. The molecule has 4 heteroatoms. The van der Waals surface area contributed by atoms with Crippen LogP contribution >= 0.6 is 0 Å². The van der Waals surface area contributed by atoms with Crippen LogP contribution in [0.4, 0.5) is 13.2 Å². The van der Waals surface area contributed by atoms with E-state index in [2.05, 4.69) is 6.92 Å². The van der Waals surface area contributed by atoms with Crippen LogP contribution in [-0.4, -0.2) is 18.9 Å². The molecule has 0 N–H and O–H groups in total. The van der Waals surface area contributed by atoms with Gasteiger partial charge in [-0.25, -0.2) is 0 Å². The lowest BCUT2D eigenvalue weighted by Crippen LogP contribution is -2.29. The lowest BCUT2D eigenvalue weighted by atomic mass is 9.70. The minimum atomic E-state index is -3.98. The van der Waals surface area contributed by atoms with E-state index in [1.54, 1.807) is 0 Å². The van der Waals surface area contributed by atoms with Gasteiger partial charge in [0.15, 0.2) is 0 Å². The fraction of sp³-hybridized carbons (Fsp3) is 1.00. The van der Waals surface area contributed by atoms with Crippen molar-refractivity contribution in [1.29, 1.82) is 0 Å². The maximum absolute atomic E-state index is 12.4. The van der Waals surface area contributed by atoms with Crippen LogP contribution in [0.15, 0.2) is 0 Å². The Kier molecular flexibility index (Phi) is 9.09. The second kappa shape index (κ2) is 10.8. The molecule has 2 saturated carbocycles. The molecule has 0 aromatic carbocycles. The first kappa shape index (κ1) is 21.1. The fourth-order valence-corrected chi connectivity index (χ4v) is 4.82. The van der Waals surface area contributed by atoms with E-state index in [4.69, 9.17) is 4.74 Å². The number of halogens is 3. The molecule has 0 atom stereocenters. The quantitative estimate of drug-likeness (QED) is 0.391. The summed E-state index contributed by atoms with van der Waals surface area (Å²) in [5.41, 5.74) is 0. The van der Waals surface area contributed by atoms with E-state index in [9.17, 15) is 13.2 Å². The lowest BCUT2D eigenvalue weighted by Gasteiger charge is -2.38. The molecule has 0 bridgehead atoms. The standard InChI is InChI=1S/C21H37F3O/c1-2-3-4-5-16-25-20-12-10-19(11-13-20)18-8-6-17(7-9-18)14-15-21(22,23)24/h17-20H,2-16H2,1H3/t17-,18-,19-,20-. The van der Waals surface area contributed by atoms with Crippen molar-refractivity contribution in [1.82, 2.24) is 0 Å². The molecule has 0 aromatic heterocycles. The summed E-state index contributed by atoms with van der Waals surface area (Å²) in [4.78, 5) is 0. The highest BCUT2D eigenvalue weighted by Gasteiger charge is 2.33. The van der Waals surface area contributed by atoms with Crippen molar-refractivity contribution in [2.24, 2.45) is 17.8 Å². The van der Waals surface area contributed by atoms with E-state index in [-0.39, 0.29) is 0 Å². The Labute approximate surface area is 152 Å². The summed E-state index contributed by atoms with van der Waals surface area (Å²) in [6.07, 6.45) is 10.5. The Hall–Kier alpha value is -0.250. The van der Waals surface area contributed by atoms with Gasteiger partial charge in [0.25, 0.3) is 0 Å².